The van der Waals surface area contributed by atoms with Crippen LogP contribution in [0, 0.1) is 6.92 Å². The topological polar surface area (TPSA) is 47.9 Å². The lowest BCUT2D eigenvalue weighted by Crippen LogP contribution is -1.92. The van der Waals surface area contributed by atoms with Crippen LogP contribution in [0.5, 0.6) is 5.75 Å². The number of hydrogen-bond donors (Lipinski definition) is 0. The Morgan fingerprint density at radius 3 is 2.52 bits per heavy atom. The van der Waals surface area contributed by atoms with Crippen LogP contribution in [0.1, 0.15) is 21.8 Å². The van der Waals surface area contributed by atoms with Crippen molar-refractivity contribution in [2.75, 3.05) is 7.11 Å². The van der Waals surface area contributed by atoms with E-state index in [4.69, 9.17) is 9.72 Å². The molecule has 146 valence electrons. The Morgan fingerprint density at radius 2 is 1.76 bits per heavy atom. The fourth-order valence-electron chi connectivity index (χ4n) is 2.85. The van der Waals surface area contributed by atoms with Crippen LogP contribution in [0.4, 0.5) is 0 Å². The molecule has 0 saturated carbocycles. The highest BCUT2D eigenvalue weighted by Crippen LogP contribution is 2.25. The maximum absolute atomic E-state index is 5.22. The third kappa shape index (κ3) is 5.22. The molecule has 0 fully saturated rings. The molecule has 2 aromatic carbocycles. The maximum atomic E-state index is 5.22. The molecule has 0 spiro atoms. The van der Waals surface area contributed by atoms with Gasteiger partial charge in [0.15, 0.2) is 5.16 Å². The summed E-state index contributed by atoms with van der Waals surface area (Å²) >= 11 is 3.32. The molecular formula is C23H21N3OS2. The lowest BCUT2D eigenvalue weighted by molar-refractivity contribution is 0.415. The summed E-state index contributed by atoms with van der Waals surface area (Å²) in [6.07, 6.45) is 2.68. The minimum absolute atomic E-state index is 0.756. The quantitative estimate of drug-likeness (QED) is 0.280. The van der Waals surface area contributed by atoms with Crippen molar-refractivity contribution < 1.29 is 4.74 Å². The van der Waals surface area contributed by atoms with E-state index in [1.165, 1.54) is 11.1 Å². The second-order valence-electron chi connectivity index (χ2n) is 6.64. The summed E-state index contributed by atoms with van der Waals surface area (Å²) in [5, 5.41) is 4.02. The van der Waals surface area contributed by atoms with Gasteiger partial charge in [-0.25, -0.2) is 15.0 Å². The van der Waals surface area contributed by atoms with E-state index in [9.17, 15) is 0 Å². The van der Waals surface area contributed by atoms with Crippen molar-refractivity contribution in [1.82, 2.24) is 15.0 Å². The molecule has 4 nitrogen and oxygen atoms in total. The van der Waals surface area contributed by atoms with Gasteiger partial charge in [-0.1, -0.05) is 41.6 Å². The van der Waals surface area contributed by atoms with E-state index in [1.54, 1.807) is 36.4 Å². The van der Waals surface area contributed by atoms with Crippen LogP contribution >= 0.6 is 23.1 Å². The van der Waals surface area contributed by atoms with E-state index in [0.717, 1.165) is 45.0 Å². The van der Waals surface area contributed by atoms with Crippen molar-refractivity contribution in [3.05, 3.63) is 88.0 Å². The highest BCUT2D eigenvalue weighted by Gasteiger charge is 2.07. The number of thioether (sulfide) groups is 1. The Balaban J connectivity index is 1.39. The van der Waals surface area contributed by atoms with Gasteiger partial charge in [-0.05, 0) is 42.8 Å². The second-order valence-corrected chi connectivity index (χ2v) is 8.52. The van der Waals surface area contributed by atoms with Gasteiger partial charge in [-0.3, -0.25) is 0 Å². The molecule has 0 unspecified atom stereocenters. The predicted octanol–water partition coefficient (Wildman–Crippen LogP) is 5.80. The zero-order valence-corrected chi connectivity index (χ0v) is 18.0. The number of thiazole rings is 1. The molecule has 0 amide bonds. The minimum Gasteiger partial charge on any atom is -0.497 e. The predicted molar refractivity (Wildman–Crippen MR) is 120 cm³/mol. The monoisotopic (exact) mass is 419 g/mol. The molecular weight excluding hydrogens is 398 g/mol. The van der Waals surface area contributed by atoms with Crippen LogP contribution in [0.15, 0.2) is 71.3 Å². The zero-order valence-electron chi connectivity index (χ0n) is 16.3. The smallest absolute Gasteiger partial charge is 0.188 e. The summed E-state index contributed by atoms with van der Waals surface area (Å²) in [7, 11) is 1.67. The van der Waals surface area contributed by atoms with Crippen molar-refractivity contribution in [2.45, 2.75) is 24.3 Å². The van der Waals surface area contributed by atoms with Crippen LogP contribution < -0.4 is 4.74 Å². The lowest BCUT2D eigenvalue weighted by Gasteiger charge is -2.04. The number of rotatable bonds is 7. The van der Waals surface area contributed by atoms with E-state index >= 15 is 0 Å². The Morgan fingerprint density at radius 1 is 0.966 bits per heavy atom. The van der Waals surface area contributed by atoms with Gasteiger partial charge in [0.05, 0.1) is 23.5 Å². The summed E-state index contributed by atoms with van der Waals surface area (Å²) in [6, 6.07) is 18.5. The van der Waals surface area contributed by atoms with Gasteiger partial charge < -0.3 is 4.74 Å². The number of nitrogens with zero attached hydrogens (tertiary/aromatic N) is 3. The standard InChI is InChI=1S/C23H21N3OS2/c1-16-3-5-17(6-4-16)13-22-25-19(14-28-22)15-29-23-24-12-11-21(26-23)18-7-9-20(27-2)10-8-18/h3-12,14H,13,15H2,1-2H3. The van der Waals surface area contributed by atoms with Gasteiger partial charge in [0.2, 0.25) is 0 Å². The number of hydrogen-bond acceptors (Lipinski definition) is 6. The molecule has 0 aliphatic rings. The minimum atomic E-state index is 0.756. The molecule has 29 heavy (non-hydrogen) atoms. The molecule has 0 saturated heterocycles. The van der Waals surface area contributed by atoms with Gasteiger partial charge in [0.1, 0.15) is 5.75 Å². The number of methoxy groups -OCH3 is 1. The summed E-state index contributed by atoms with van der Waals surface area (Å²) in [5.41, 5.74) is 5.59. The SMILES string of the molecule is COc1ccc(-c2ccnc(SCc3csc(Cc4ccc(C)cc4)n3)n2)cc1. The fourth-order valence-corrected chi connectivity index (χ4v) is 4.51. The number of ether oxygens (including phenoxy) is 1. The average Bonchev–Trinajstić information content (AvgIpc) is 3.21. The Labute approximate surface area is 179 Å². The van der Waals surface area contributed by atoms with Gasteiger partial charge in [-0.2, -0.15) is 0 Å². The third-order valence-corrected chi connectivity index (χ3v) is 6.24. The van der Waals surface area contributed by atoms with Crippen molar-refractivity contribution in [3.63, 3.8) is 0 Å². The number of aromatic nitrogens is 3. The number of benzene rings is 2. The van der Waals surface area contributed by atoms with Crippen LogP contribution in [-0.2, 0) is 12.2 Å². The highest BCUT2D eigenvalue weighted by molar-refractivity contribution is 7.98. The summed E-state index contributed by atoms with van der Waals surface area (Å²) < 4.78 is 5.22. The molecule has 2 heterocycles. The van der Waals surface area contributed by atoms with Gasteiger partial charge in [0, 0.05) is 29.3 Å². The normalized spacial score (nSPS) is 10.8. The molecule has 0 N–H and O–H groups in total. The van der Waals surface area contributed by atoms with E-state index in [-0.39, 0.29) is 0 Å². The first-order chi connectivity index (χ1) is 14.2. The molecule has 4 rings (SSSR count). The highest BCUT2D eigenvalue weighted by atomic mass is 32.2. The first kappa shape index (κ1) is 19.6. The summed E-state index contributed by atoms with van der Waals surface area (Å²) in [5.74, 6) is 1.60. The van der Waals surface area contributed by atoms with Crippen LogP contribution in [0.2, 0.25) is 0 Å². The van der Waals surface area contributed by atoms with E-state index in [0.29, 0.717) is 0 Å². The van der Waals surface area contributed by atoms with Crippen molar-refractivity contribution in [3.8, 4) is 17.0 Å². The Bertz CT molecular complexity index is 1080. The molecule has 2 aromatic heterocycles. The van der Waals surface area contributed by atoms with Gasteiger partial charge in [-0.15, -0.1) is 11.3 Å². The van der Waals surface area contributed by atoms with E-state index in [1.807, 2.05) is 30.3 Å². The third-order valence-electron chi connectivity index (χ3n) is 4.44. The van der Waals surface area contributed by atoms with Crippen molar-refractivity contribution >= 4 is 23.1 Å². The summed E-state index contributed by atoms with van der Waals surface area (Å²) in [6.45, 7) is 2.11. The summed E-state index contributed by atoms with van der Waals surface area (Å²) in [4.78, 5) is 13.9. The van der Waals surface area contributed by atoms with Gasteiger partial charge >= 0.3 is 0 Å². The molecule has 0 atom stereocenters. The fraction of sp³-hybridized carbons (Fsp3) is 0.174. The Kier molecular flexibility index (Phi) is 6.22. The maximum Gasteiger partial charge on any atom is 0.188 e. The van der Waals surface area contributed by atoms with Crippen LogP contribution in [0.3, 0.4) is 0 Å². The lowest BCUT2D eigenvalue weighted by atomic mass is 10.1. The van der Waals surface area contributed by atoms with Crippen molar-refractivity contribution in [2.24, 2.45) is 0 Å². The molecule has 0 radical (unpaired) electrons. The molecule has 0 bridgehead atoms. The molecule has 0 aliphatic carbocycles. The first-order valence-corrected chi connectivity index (χ1v) is 11.2. The zero-order chi connectivity index (χ0) is 20.1. The molecule has 4 aromatic rings. The van der Waals surface area contributed by atoms with E-state index in [2.05, 4.69) is 46.5 Å². The van der Waals surface area contributed by atoms with Crippen LogP contribution in [0.25, 0.3) is 11.3 Å². The Hall–Kier alpha value is -2.70. The first-order valence-electron chi connectivity index (χ1n) is 9.29. The largest absolute Gasteiger partial charge is 0.497 e. The molecule has 0 aliphatic heterocycles. The van der Waals surface area contributed by atoms with Gasteiger partial charge in [0.25, 0.3) is 0 Å². The van der Waals surface area contributed by atoms with E-state index < -0.39 is 0 Å². The van der Waals surface area contributed by atoms with Crippen LogP contribution in [-0.4, -0.2) is 22.1 Å². The average molecular weight is 420 g/mol. The number of aryl methyl sites for hydroxylation is 1. The molecule has 6 heteroatoms. The second kappa shape index (κ2) is 9.20. The van der Waals surface area contributed by atoms with Crippen molar-refractivity contribution in [1.29, 1.82) is 0 Å².